The van der Waals surface area contributed by atoms with Gasteiger partial charge in [0.2, 0.25) is 0 Å². The van der Waals surface area contributed by atoms with Crippen LogP contribution in [0.2, 0.25) is 5.02 Å². The van der Waals surface area contributed by atoms with E-state index >= 15 is 0 Å². The van der Waals surface area contributed by atoms with Crippen LogP contribution in [0, 0.1) is 0 Å². The monoisotopic (exact) mass is 396 g/mol. The van der Waals surface area contributed by atoms with Crippen LogP contribution in [-0.4, -0.2) is 34.9 Å². The van der Waals surface area contributed by atoms with Gasteiger partial charge in [0.1, 0.15) is 5.69 Å². The first-order valence-corrected chi connectivity index (χ1v) is 9.39. The molecule has 0 aliphatic heterocycles. The van der Waals surface area contributed by atoms with Gasteiger partial charge in [-0.2, -0.15) is 0 Å². The number of carbonyl (C=O) groups excluding carboxylic acids is 2. The lowest BCUT2D eigenvalue weighted by molar-refractivity contribution is -0.137. The quantitative estimate of drug-likeness (QED) is 0.469. The predicted molar refractivity (Wildman–Crippen MR) is 110 cm³/mol. The lowest BCUT2D eigenvalue weighted by atomic mass is 10.2. The number of halogens is 1. The molecule has 5 nitrogen and oxygen atoms in total. The lowest BCUT2D eigenvalue weighted by Crippen LogP contribution is -2.31. The van der Waals surface area contributed by atoms with Crippen LogP contribution in [0.25, 0.3) is 10.9 Å². The number of hydrogen-bond donors (Lipinski definition) is 1. The van der Waals surface area contributed by atoms with Crippen LogP contribution in [0.4, 0.5) is 0 Å². The molecule has 1 amide bonds. The molecule has 144 valence electrons. The molecule has 3 rings (SSSR count). The van der Waals surface area contributed by atoms with Crippen molar-refractivity contribution >= 4 is 34.4 Å². The number of esters is 1. The Labute approximate surface area is 168 Å². The summed E-state index contributed by atoms with van der Waals surface area (Å²) in [6.45, 7) is 2.76. The van der Waals surface area contributed by atoms with Crippen LogP contribution in [0.3, 0.4) is 0 Å². The minimum atomic E-state index is -0.421. The van der Waals surface area contributed by atoms with Crippen molar-refractivity contribution < 1.29 is 14.3 Å². The number of H-pyrrole nitrogens is 1. The second kappa shape index (κ2) is 9.24. The summed E-state index contributed by atoms with van der Waals surface area (Å²) in [5.74, 6) is -0.584. The predicted octanol–water partition coefficient (Wildman–Crippen LogP) is 4.58. The number of carbonyl (C=O) groups is 2. The highest BCUT2D eigenvalue weighted by molar-refractivity contribution is 6.31. The fourth-order valence-corrected chi connectivity index (χ4v) is 3.06. The fourth-order valence-electron chi connectivity index (χ4n) is 2.88. The Morgan fingerprint density at radius 1 is 1.14 bits per heavy atom. The number of fused-ring (bicyclic) bond motifs is 1. The summed E-state index contributed by atoms with van der Waals surface area (Å²) in [6.07, 6.45) is 2.98. The van der Waals surface area contributed by atoms with Gasteiger partial charge in [0.15, 0.2) is 0 Å². The van der Waals surface area contributed by atoms with Crippen LogP contribution in [0.15, 0.2) is 66.7 Å². The average molecular weight is 397 g/mol. The van der Waals surface area contributed by atoms with E-state index in [9.17, 15) is 9.59 Å². The summed E-state index contributed by atoms with van der Waals surface area (Å²) in [7, 11) is 0. The average Bonchev–Trinajstić information content (AvgIpc) is 3.11. The number of nitrogens with one attached hydrogen (secondary N) is 1. The standard InChI is InChI=1S/C22H21ClN2O3/c1-2-28-21(26)9-6-12-25(15-16-7-4-3-5-8-16)22(27)20-14-17-13-18(23)10-11-19(17)24-20/h3-11,13-14,24H,2,12,15H2,1H3/b9-6+. The summed E-state index contributed by atoms with van der Waals surface area (Å²) >= 11 is 6.04. The molecular formula is C22H21ClN2O3. The first-order chi connectivity index (χ1) is 13.6. The van der Waals surface area contributed by atoms with E-state index < -0.39 is 5.97 Å². The maximum Gasteiger partial charge on any atom is 0.330 e. The van der Waals surface area contributed by atoms with Crippen LogP contribution >= 0.6 is 11.6 Å². The van der Waals surface area contributed by atoms with E-state index in [0.29, 0.717) is 23.9 Å². The number of aromatic amines is 1. The number of amides is 1. The molecule has 0 radical (unpaired) electrons. The molecule has 1 aromatic heterocycles. The van der Waals surface area contributed by atoms with Gasteiger partial charge in [0.25, 0.3) is 5.91 Å². The van der Waals surface area contributed by atoms with Gasteiger partial charge in [-0.25, -0.2) is 4.79 Å². The van der Waals surface area contributed by atoms with Gasteiger partial charge in [-0.1, -0.05) is 48.0 Å². The number of benzene rings is 2. The number of nitrogens with zero attached hydrogens (tertiary/aromatic N) is 1. The highest BCUT2D eigenvalue weighted by atomic mass is 35.5. The first-order valence-electron chi connectivity index (χ1n) is 9.01. The topological polar surface area (TPSA) is 62.4 Å². The molecule has 28 heavy (non-hydrogen) atoms. The van der Waals surface area contributed by atoms with Crippen molar-refractivity contribution in [1.82, 2.24) is 9.88 Å². The molecule has 0 saturated heterocycles. The molecular weight excluding hydrogens is 376 g/mol. The molecule has 0 fully saturated rings. The van der Waals surface area contributed by atoms with E-state index in [2.05, 4.69) is 4.98 Å². The van der Waals surface area contributed by atoms with E-state index in [-0.39, 0.29) is 12.5 Å². The van der Waals surface area contributed by atoms with Crippen molar-refractivity contribution in [3.63, 3.8) is 0 Å². The largest absolute Gasteiger partial charge is 0.463 e. The van der Waals surface area contributed by atoms with Crippen molar-refractivity contribution in [2.75, 3.05) is 13.2 Å². The molecule has 0 saturated carbocycles. The van der Waals surface area contributed by atoms with E-state index in [0.717, 1.165) is 16.5 Å². The molecule has 0 bridgehead atoms. The van der Waals surface area contributed by atoms with E-state index in [1.54, 1.807) is 30.0 Å². The zero-order valence-corrected chi connectivity index (χ0v) is 16.3. The van der Waals surface area contributed by atoms with Crippen molar-refractivity contribution in [2.45, 2.75) is 13.5 Å². The Hall–Kier alpha value is -3.05. The van der Waals surface area contributed by atoms with Gasteiger partial charge in [-0.05, 0) is 36.8 Å². The van der Waals surface area contributed by atoms with Crippen molar-refractivity contribution in [2.24, 2.45) is 0 Å². The molecule has 1 N–H and O–H groups in total. The van der Waals surface area contributed by atoms with Gasteiger partial charge in [-0.15, -0.1) is 0 Å². The van der Waals surface area contributed by atoms with E-state index in [1.165, 1.54) is 6.08 Å². The van der Waals surface area contributed by atoms with Gasteiger partial charge < -0.3 is 14.6 Å². The molecule has 0 unspecified atom stereocenters. The highest BCUT2D eigenvalue weighted by Crippen LogP contribution is 2.21. The molecule has 0 atom stereocenters. The number of ether oxygens (including phenoxy) is 1. The van der Waals surface area contributed by atoms with Gasteiger partial charge >= 0.3 is 5.97 Å². The minimum absolute atomic E-state index is 0.162. The minimum Gasteiger partial charge on any atom is -0.463 e. The fraction of sp³-hybridized carbons (Fsp3) is 0.182. The summed E-state index contributed by atoms with van der Waals surface area (Å²) in [6, 6.07) is 16.9. The molecule has 3 aromatic rings. The lowest BCUT2D eigenvalue weighted by Gasteiger charge is -2.20. The first kappa shape index (κ1) is 19.7. The third-order valence-corrected chi connectivity index (χ3v) is 4.42. The normalized spacial score (nSPS) is 11.1. The second-order valence-corrected chi connectivity index (χ2v) is 6.68. The molecule has 6 heteroatoms. The smallest absolute Gasteiger partial charge is 0.330 e. The van der Waals surface area contributed by atoms with Crippen LogP contribution in [0.5, 0.6) is 0 Å². The van der Waals surface area contributed by atoms with Crippen molar-refractivity contribution in [1.29, 1.82) is 0 Å². The summed E-state index contributed by atoms with van der Waals surface area (Å²) in [5, 5.41) is 1.49. The van der Waals surface area contributed by atoms with Crippen LogP contribution in [0.1, 0.15) is 23.0 Å². The summed E-state index contributed by atoms with van der Waals surface area (Å²) in [5.41, 5.74) is 2.31. The van der Waals surface area contributed by atoms with Gasteiger partial charge in [0.05, 0.1) is 6.61 Å². The van der Waals surface area contributed by atoms with Crippen LogP contribution in [-0.2, 0) is 16.1 Å². The van der Waals surface area contributed by atoms with Crippen LogP contribution < -0.4 is 0 Å². The molecule has 0 spiro atoms. The molecule has 1 heterocycles. The zero-order chi connectivity index (χ0) is 19.9. The molecule has 0 aliphatic rings. The SMILES string of the molecule is CCOC(=O)/C=C/CN(Cc1ccccc1)C(=O)c1cc2cc(Cl)ccc2[nH]1. The van der Waals surface area contributed by atoms with E-state index in [4.69, 9.17) is 16.3 Å². The van der Waals surface area contributed by atoms with Gasteiger partial charge in [-0.3, -0.25) is 4.79 Å². The number of aromatic nitrogens is 1. The Bertz CT molecular complexity index is 995. The third-order valence-electron chi connectivity index (χ3n) is 4.18. The van der Waals surface area contributed by atoms with Crippen molar-refractivity contribution in [3.05, 3.63) is 83.0 Å². The maximum absolute atomic E-state index is 13.1. The van der Waals surface area contributed by atoms with Crippen molar-refractivity contribution in [3.8, 4) is 0 Å². The maximum atomic E-state index is 13.1. The zero-order valence-electron chi connectivity index (χ0n) is 15.5. The Balaban J connectivity index is 1.83. The number of rotatable bonds is 7. The van der Waals surface area contributed by atoms with Gasteiger partial charge in [0, 0.05) is 35.1 Å². The third kappa shape index (κ3) is 5.02. The highest BCUT2D eigenvalue weighted by Gasteiger charge is 2.17. The summed E-state index contributed by atoms with van der Waals surface area (Å²) in [4.78, 5) is 29.5. The summed E-state index contributed by atoms with van der Waals surface area (Å²) < 4.78 is 4.89. The second-order valence-electron chi connectivity index (χ2n) is 6.24. The van der Waals surface area contributed by atoms with E-state index in [1.807, 2.05) is 42.5 Å². The Morgan fingerprint density at radius 2 is 1.93 bits per heavy atom. The number of hydrogen-bond acceptors (Lipinski definition) is 3. The molecule has 0 aliphatic carbocycles. The Kier molecular flexibility index (Phi) is 6.50. The Morgan fingerprint density at radius 3 is 2.68 bits per heavy atom. The molecule has 2 aromatic carbocycles.